The summed E-state index contributed by atoms with van der Waals surface area (Å²) in [7, 11) is -4.13. The lowest BCUT2D eigenvalue weighted by Gasteiger charge is -2.26. The second kappa shape index (κ2) is 8.21. The van der Waals surface area contributed by atoms with Crippen molar-refractivity contribution in [2.24, 2.45) is 0 Å². The molecule has 192 valence electrons. The van der Waals surface area contributed by atoms with Crippen molar-refractivity contribution in [1.82, 2.24) is 4.98 Å². The van der Waals surface area contributed by atoms with Gasteiger partial charge in [0.25, 0.3) is 10.0 Å². The van der Waals surface area contributed by atoms with E-state index in [1.807, 2.05) is 20.8 Å². The number of nitriles is 1. The molecule has 0 spiro atoms. The van der Waals surface area contributed by atoms with Crippen LogP contribution in [0.3, 0.4) is 0 Å². The third kappa shape index (κ3) is 4.42. The number of anilines is 3. The zero-order valence-electron chi connectivity index (χ0n) is 20.5. The molecule has 37 heavy (non-hydrogen) atoms. The zero-order chi connectivity index (χ0) is 26.8. The molecule has 0 unspecified atom stereocenters. The molecule has 2 aromatic carbocycles. The summed E-state index contributed by atoms with van der Waals surface area (Å²) in [6.07, 6.45) is -3.33. The summed E-state index contributed by atoms with van der Waals surface area (Å²) >= 11 is 0. The van der Waals surface area contributed by atoms with E-state index in [0.29, 0.717) is 24.0 Å². The van der Waals surface area contributed by atoms with Crippen molar-refractivity contribution in [3.8, 4) is 6.07 Å². The Kier molecular flexibility index (Phi) is 5.57. The largest absolute Gasteiger partial charge is 0.433 e. The van der Waals surface area contributed by atoms with Crippen molar-refractivity contribution in [2.75, 3.05) is 9.62 Å². The van der Waals surface area contributed by atoms with E-state index in [1.165, 1.54) is 10.4 Å². The topological polar surface area (TPSA) is 86.1 Å². The Hall–Kier alpha value is -3.58. The number of sulfonamides is 1. The lowest BCUT2D eigenvalue weighted by atomic mass is 9.87. The quantitative estimate of drug-likeness (QED) is 0.427. The highest BCUT2D eigenvalue weighted by atomic mass is 32.2. The highest BCUT2D eigenvalue weighted by molar-refractivity contribution is 7.92. The number of nitrogens with zero attached hydrogens (tertiary/aromatic N) is 3. The predicted octanol–water partition coefficient (Wildman–Crippen LogP) is 6.41. The summed E-state index contributed by atoms with van der Waals surface area (Å²) in [5.41, 5.74) is 0.546. The molecule has 1 aliphatic heterocycles. The monoisotopic (exact) mass is 526 g/mol. The fraction of sp³-hybridized carbons (Fsp3) is 0.333. The number of hydrogen-bond donors (Lipinski definition) is 1. The van der Waals surface area contributed by atoms with E-state index >= 15 is 0 Å². The third-order valence-electron chi connectivity index (χ3n) is 6.93. The van der Waals surface area contributed by atoms with E-state index in [4.69, 9.17) is 0 Å². The van der Waals surface area contributed by atoms with E-state index in [2.05, 4.69) is 16.4 Å². The molecule has 1 fully saturated rings. The van der Waals surface area contributed by atoms with E-state index in [0.717, 1.165) is 11.6 Å². The molecule has 1 aromatic heterocycles. The highest BCUT2D eigenvalue weighted by Gasteiger charge is 2.46. The zero-order valence-corrected chi connectivity index (χ0v) is 21.3. The van der Waals surface area contributed by atoms with Gasteiger partial charge in [0.05, 0.1) is 34.3 Å². The molecule has 1 saturated carbocycles. The van der Waals surface area contributed by atoms with Crippen molar-refractivity contribution >= 4 is 27.2 Å². The van der Waals surface area contributed by atoms with Crippen LogP contribution in [0.1, 0.15) is 56.0 Å². The van der Waals surface area contributed by atoms with Gasteiger partial charge in [-0.2, -0.15) is 18.4 Å². The molecular weight excluding hydrogens is 501 g/mol. The number of aromatic nitrogens is 1. The van der Waals surface area contributed by atoms with Crippen LogP contribution in [0.25, 0.3) is 0 Å². The molecule has 3 aromatic rings. The second-order valence-electron chi connectivity index (χ2n) is 10.5. The second-order valence-corrected chi connectivity index (χ2v) is 12.4. The first-order valence-electron chi connectivity index (χ1n) is 11.8. The van der Waals surface area contributed by atoms with Gasteiger partial charge in [-0.15, -0.1) is 0 Å². The number of rotatable bonds is 3. The van der Waals surface area contributed by atoms with Gasteiger partial charge in [0.1, 0.15) is 11.5 Å². The van der Waals surface area contributed by atoms with Gasteiger partial charge in [0.15, 0.2) is 0 Å². The van der Waals surface area contributed by atoms with Gasteiger partial charge >= 0.3 is 6.18 Å². The van der Waals surface area contributed by atoms with E-state index < -0.39 is 27.3 Å². The molecule has 1 N–H and O–H groups in total. The Morgan fingerprint density at radius 3 is 2.27 bits per heavy atom. The van der Waals surface area contributed by atoms with Gasteiger partial charge in [-0.1, -0.05) is 45.0 Å². The maximum Gasteiger partial charge on any atom is 0.433 e. The van der Waals surface area contributed by atoms with Gasteiger partial charge < -0.3 is 5.32 Å². The lowest BCUT2D eigenvalue weighted by molar-refractivity contribution is -0.141. The summed E-state index contributed by atoms with van der Waals surface area (Å²) in [6, 6.07) is 16.0. The minimum atomic E-state index is -4.65. The maximum absolute atomic E-state index is 14.0. The molecule has 10 heteroatoms. The summed E-state index contributed by atoms with van der Waals surface area (Å²) in [5, 5.41) is 12.6. The molecule has 0 bridgehead atoms. The highest BCUT2D eigenvalue weighted by Crippen LogP contribution is 2.50. The van der Waals surface area contributed by atoms with Gasteiger partial charge in [-0.05, 0) is 59.7 Å². The van der Waals surface area contributed by atoms with Gasteiger partial charge in [-0.25, -0.2) is 13.4 Å². The average Bonchev–Trinajstić information content (AvgIpc) is 3.65. The van der Waals surface area contributed by atoms with Crippen LogP contribution < -0.4 is 9.62 Å². The molecule has 6 nitrogen and oxygen atoms in total. The van der Waals surface area contributed by atoms with Crippen LogP contribution in [-0.2, 0) is 33.6 Å². The number of nitrogens with one attached hydrogen (secondary N) is 1. The minimum Gasteiger partial charge on any atom is -0.338 e. The fourth-order valence-corrected chi connectivity index (χ4v) is 5.90. The number of pyridine rings is 1. The normalized spacial score (nSPS) is 16.6. The van der Waals surface area contributed by atoms with Crippen molar-refractivity contribution in [1.29, 1.82) is 5.26 Å². The Morgan fingerprint density at radius 1 is 1.03 bits per heavy atom. The first-order valence-corrected chi connectivity index (χ1v) is 13.2. The molecular formula is C27H25F3N4O2S. The van der Waals surface area contributed by atoms with Crippen molar-refractivity contribution < 1.29 is 21.6 Å². The minimum absolute atomic E-state index is 0.0570. The predicted molar refractivity (Wildman–Crippen MR) is 134 cm³/mol. The van der Waals surface area contributed by atoms with Gasteiger partial charge in [0.2, 0.25) is 0 Å². The summed E-state index contributed by atoms with van der Waals surface area (Å²) in [4.78, 5) is 3.82. The Balaban J connectivity index is 1.66. The van der Waals surface area contributed by atoms with E-state index in [-0.39, 0.29) is 34.0 Å². The number of fused-ring (bicyclic) bond motifs is 2. The van der Waals surface area contributed by atoms with Crippen molar-refractivity contribution in [3.63, 3.8) is 0 Å². The lowest BCUT2D eigenvalue weighted by Crippen LogP contribution is -2.30. The van der Waals surface area contributed by atoms with Crippen LogP contribution in [0.5, 0.6) is 0 Å². The third-order valence-corrected chi connectivity index (χ3v) is 8.70. The molecule has 2 heterocycles. The number of alkyl halides is 3. The maximum atomic E-state index is 14.0. The van der Waals surface area contributed by atoms with Crippen LogP contribution in [0.2, 0.25) is 0 Å². The molecule has 2 aliphatic rings. The SMILES string of the molecule is CC(C)(C)c1ccc(S(=O)(=O)N2Cc3ccc(C(F)(F)F)nc3Nc3ccc(C4(C#N)CC4)cc32)cc1. The van der Waals surface area contributed by atoms with Crippen LogP contribution >= 0.6 is 0 Å². The standard InChI is InChI=1S/C27H25F3N4O2S/c1-25(2,3)18-5-8-20(9-6-18)37(35,36)34-15-17-4-11-23(27(28,29)30)33-24(17)32-21-10-7-19(14-22(21)34)26(16-31)12-13-26/h4-11,14H,12-13,15H2,1-3H3,(H,32,33). The molecule has 0 radical (unpaired) electrons. The van der Waals surface area contributed by atoms with E-state index in [9.17, 15) is 26.9 Å². The molecule has 1 aliphatic carbocycles. The molecule has 5 rings (SSSR count). The average molecular weight is 527 g/mol. The van der Waals surface area contributed by atoms with Crippen LogP contribution in [-0.4, -0.2) is 13.4 Å². The van der Waals surface area contributed by atoms with Crippen LogP contribution in [0.15, 0.2) is 59.5 Å². The fourth-order valence-electron chi connectivity index (χ4n) is 4.45. The summed E-state index contributed by atoms with van der Waals surface area (Å²) < 4.78 is 69.2. The van der Waals surface area contributed by atoms with E-state index in [1.54, 1.807) is 42.5 Å². The van der Waals surface area contributed by atoms with Crippen molar-refractivity contribution in [2.45, 2.75) is 62.1 Å². The molecule has 0 atom stereocenters. The van der Waals surface area contributed by atoms with Crippen LogP contribution in [0, 0.1) is 11.3 Å². The summed E-state index contributed by atoms with van der Waals surface area (Å²) in [6.45, 7) is 5.84. The Labute approximate surface area is 213 Å². The number of hydrogen-bond acceptors (Lipinski definition) is 5. The number of halogens is 3. The van der Waals surface area contributed by atoms with Gasteiger partial charge in [0, 0.05) is 5.56 Å². The smallest absolute Gasteiger partial charge is 0.338 e. The first-order chi connectivity index (χ1) is 17.2. The molecule has 0 amide bonds. The molecule has 0 saturated heterocycles. The number of benzene rings is 2. The Morgan fingerprint density at radius 2 is 1.70 bits per heavy atom. The first kappa shape index (κ1) is 25.1. The summed E-state index contributed by atoms with van der Waals surface area (Å²) in [5.74, 6) is -0.0639. The van der Waals surface area contributed by atoms with Crippen molar-refractivity contribution in [3.05, 3.63) is 77.0 Å². The van der Waals surface area contributed by atoms with Crippen LogP contribution in [0.4, 0.5) is 30.4 Å². The van der Waals surface area contributed by atoms with Gasteiger partial charge in [-0.3, -0.25) is 4.31 Å². The Bertz CT molecular complexity index is 1530.